The summed E-state index contributed by atoms with van der Waals surface area (Å²) in [6.07, 6.45) is -0.319. The first-order valence-corrected chi connectivity index (χ1v) is 8.54. The zero-order valence-electron chi connectivity index (χ0n) is 15.1. The molecular weight excluding hydrogens is 316 g/mol. The molecule has 0 aromatic heterocycles. The predicted octanol–water partition coefficient (Wildman–Crippen LogP) is 3.79. The molecule has 0 radical (unpaired) electrons. The van der Waals surface area contributed by atoms with Gasteiger partial charge in [-0.3, -0.25) is 4.79 Å². The van der Waals surface area contributed by atoms with E-state index in [9.17, 15) is 9.90 Å². The van der Waals surface area contributed by atoms with Gasteiger partial charge in [-0.25, -0.2) is 0 Å². The van der Waals surface area contributed by atoms with Crippen LogP contribution >= 0.6 is 0 Å². The van der Waals surface area contributed by atoms with Crippen molar-refractivity contribution >= 4 is 5.78 Å². The highest BCUT2D eigenvalue weighted by atomic mass is 16.5. The average Bonchev–Trinajstić information content (AvgIpc) is 2.60. The third-order valence-electron chi connectivity index (χ3n) is 3.88. The fraction of sp³-hybridized carbons (Fsp3) is 0.381. The molecule has 0 spiro atoms. The highest BCUT2D eigenvalue weighted by molar-refractivity contribution is 5.83. The lowest BCUT2D eigenvalue weighted by molar-refractivity contribution is -0.127. The van der Waals surface area contributed by atoms with Gasteiger partial charge in [0.1, 0.15) is 12.7 Å². The summed E-state index contributed by atoms with van der Waals surface area (Å²) >= 11 is 0. The Balaban J connectivity index is 2.02. The first-order valence-electron chi connectivity index (χ1n) is 8.54. The van der Waals surface area contributed by atoms with E-state index in [1.165, 1.54) is 0 Å². The number of methoxy groups -OCH3 is 1. The molecule has 0 aliphatic heterocycles. The number of ether oxygens (including phenoxy) is 2. The maximum Gasteiger partial charge on any atom is 0.161 e. The molecule has 0 aliphatic rings. The molecule has 1 atom stereocenters. The zero-order valence-corrected chi connectivity index (χ0v) is 15.1. The number of hydrogen-bond acceptors (Lipinski definition) is 4. The van der Waals surface area contributed by atoms with Crippen LogP contribution in [0.15, 0.2) is 48.5 Å². The second kappa shape index (κ2) is 9.23. The van der Waals surface area contributed by atoms with Crippen LogP contribution in [0.1, 0.15) is 31.4 Å². The van der Waals surface area contributed by atoms with E-state index in [4.69, 9.17) is 9.47 Å². The van der Waals surface area contributed by atoms with Gasteiger partial charge in [0.05, 0.1) is 7.11 Å². The van der Waals surface area contributed by atoms with E-state index >= 15 is 0 Å². The van der Waals surface area contributed by atoms with E-state index in [0.29, 0.717) is 24.5 Å². The number of benzene rings is 2. The predicted molar refractivity (Wildman–Crippen MR) is 97.9 cm³/mol. The van der Waals surface area contributed by atoms with Gasteiger partial charge in [-0.05, 0) is 29.2 Å². The van der Waals surface area contributed by atoms with E-state index in [1.807, 2.05) is 62.4 Å². The van der Waals surface area contributed by atoms with E-state index in [-0.39, 0.29) is 18.1 Å². The molecule has 0 aliphatic carbocycles. The van der Waals surface area contributed by atoms with Gasteiger partial charge >= 0.3 is 0 Å². The first-order chi connectivity index (χ1) is 12.0. The Labute approximate surface area is 149 Å². The smallest absolute Gasteiger partial charge is 0.161 e. The van der Waals surface area contributed by atoms with Crippen molar-refractivity contribution in [2.45, 2.75) is 39.4 Å². The number of Topliss-reactive ketones (excluding diaryl/α,β-unsaturated/α-hetero) is 1. The number of hydrogen-bond donors (Lipinski definition) is 1. The van der Waals surface area contributed by atoms with E-state index in [1.54, 1.807) is 7.11 Å². The number of carbonyl (C=O) groups excluding carboxylic acids is 1. The monoisotopic (exact) mass is 342 g/mol. The molecule has 1 unspecified atom stereocenters. The largest absolute Gasteiger partial charge is 0.493 e. The Hall–Kier alpha value is -2.33. The quantitative estimate of drug-likeness (QED) is 0.753. The van der Waals surface area contributed by atoms with E-state index in [0.717, 1.165) is 11.1 Å². The maximum absolute atomic E-state index is 11.9. The molecule has 2 rings (SSSR count). The van der Waals surface area contributed by atoms with Crippen molar-refractivity contribution in [2.75, 3.05) is 7.11 Å². The highest BCUT2D eigenvalue weighted by Crippen LogP contribution is 2.29. The molecule has 0 bridgehead atoms. The molecule has 0 saturated carbocycles. The molecule has 2 aromatic rings. The van der Waals surface area contributed by atoms with Gasteiger partial charge in [0.25, 0.3) is 0 Å². The third kappa shape index (κ3) is 5.91. The van der Waals surface area contributed by atoms with Gasteiger partial charge in [0.15, 0.2) is 17.3 Å². The van der Waals surface area contributed by atoms with Crippen LogP contribution < -0.4 is 9.47 Å². The molecule has 25 heavy (non-hydrogen) atoms. The first kappa shape index (κ1) is 19.0. The summed E-state index contributed by atoms with van der Waals surface area (Å²) in [7, 11) is 1.58. The summed E-state index contributed by atoms with van der Waals surface area (Å²) in [5, 5.41) is 10.1. The van der Waals surface area contributed by atoms with E-state index < -0.39 is 6.10 Å². The minimum absolute atomic E-state index is 0.127. The lowest BCUT2D eigenvalue weighted by atomic mass is 9.98. The molecule has 0 saturated heterocycles. The summed E-state index contributed by atoms with van der Waals surface area (Å²) in [6, 6.07) is 15.4. The second-order valence-corrected chi connectivity index (χ2v) is 6.54. The van der Waals surface area contributed by atoms with E-state index in [2.05, 4.69) is 0 Å². The number of ketones is 1. The third-order valence-corrected chi connectivity index (χ3v) is 3.88. The van der Waals surface area contributed by atoms with Crippen molar-refractivity contribution < 1.29 is 19.4 Å². The molecule has 134 valence electrons. The van der Waals surface area contributed by atoms with Crippen molar-refractivity contribution in [1.82, 2.24) is 0 Å². The lowest BCUT2D eigenvalue weighted by Gasteiger charge is -2.14. The molecule has 4 heteroatoms. The molecule has 0 fully saturated rings. The second-order valence-electron chi connectivity index (χ2n) is 6.54. The van der Waals surface area contributed by atoms with Crippen molar-refractivity contribution in [3.05, 3.63) is 59.7 Å². The topological polar surface area (TPSA) is 55.8 Å². The molecule has 1 N–H and O–H groups in total. The highest BCUT2D eigenvalue weighted by Gasteiger charge is 2.17. The summed E-state index contributed by atoms with van der Waals surface area (Å²) in [6.45, 7) is 4.38. The Kier molecular flexibility index (Phi) is 7.02. The number of aliphatic hydroxyl groups excluding tert-OH is 1. The minimum Gasteiger partial charge on any atom is -0.493 e. The molecule has 4 nitrogen and oxygen atoms in total. The van der Waals surface area contributed by atoms with Crippen LogP contribution in [0.25, 0.3) is 0 Å². The van der Waals surface area contributed by atoms with Crippen molar-refractivity contribution in [3.8, 4) is 11.5 Å². The Morgan fingerprint density at radius 1 is 1.04 bits per heavy atom. The number of carbonyl (C=O) groups is 1. The lowest BCUT2D eigenvalue weighted by Crippen LogP contribution is -2.24. The summed E-state index contributed by atoms with van der Waals surface area (Å²) < 4.78 is 11.2. The maximum atomic E-state index is 11.9. The van der Waals surface area contributed by atoms with Crippen LogP contribution in [0, 0.1) is 5.92 Å². The minimum atomic E-state index is -0.983. The van der Waals surface area contributed by atoms with Gasteiger partial charge in [-0.1, -0.05) is 50.2 Å². The standard InChI is InChI=1S/C21H26O4/c1-15(2)11-18(22)19(23)12-17-9-10-20(21(13-17)24-3)25-14-16-7-5-4-6-8-16/h4-10,13,15,19,23H,11-12,14H2,1-3H3. The van der Waals surface area contributed by atoms with Gasteiger partial charge in [0.2, 0.25) is 0 Å². The summed E-state index contributed by atoms with van der Waals surface area (Å²) in [5.41, 5.74) is 1.91. The number of rotatable bonds is 9. The summed E-state index contributed by atoms with van der Waals surface area (Å²) in [4.78, 5) is 11.9. The van der Waals surface area contributed by atoms with Crippen LogP contribution in [0.4, 0.5) is 0 Å². The van der Waals surface area contributed by atoms with Crippen molar-refractivity contribution in [1.29, 1.82) is 0 Å². The van der Waals surface area contributed by atoms with Crippen LogP contribution in [0.3, 0.4) is 0 Å². The van der Waals surface area contributed by atoms with Crippen LogP contribution in [0.2, 0.25) is 0 Å². The van der Waals surface area contributed by atoms with Crippen molar-refractivity contribution in [2.24, 2.45) is 5.92 Å². The zero-order chi connectivity index (χ0) is 18.2. The molecule has 2 aromatic carbocycles. The van der Waals surface area contributed by atoms with Crippen molar-refractivity contribution in [3.63, 3.8) is 0 Å². The fourth-order valence-corrected chi connectivity index (χ4v) is 2.57. The van der Waals surface area contributed by atoms with Crippen LogP contribution in [-0.4, -0.2) is 24.1 Å². The average molecular weight is 342 g/mol. The number of aliphatic hydroxyl groups is 1. The Morgan fingerprint density at radius 2 is 1.76 bits per heavy atom. The van der Waals surface area contributed by atoms with Gasteiger partial charge in [-0.2, -0.15) is 0 Å². The van der Waals surface area contributed by atoms with Gasteiger partial charge < -0.3 is 14.6 Å². The molecule has 0 heterocycles. The molecule has 0 amide bonds. The Bertz CT molecular complexity index is 680. The normalized spacial score (nSPS) is 12.0. The van der Waals surface area contributed by atoms with Gasteiger partial charge in [0, 0.05) is 12.8 Å². The van der Waals surface area contributed by atoms with Gasteiger partial charge in [-0.15, -0.1) is 0 Å². The van der Waals surface area contributed by atoms with Crippen LogP contribution in [0.5, 0.6) is 11.5 Å². The fourth-order valence-electron chi connectivity index (χ4n) is 2.57. The molecular formula is C21H26O4. The van der Waals surface area contributed by atoms with Crippen LogP contribution in [-0.2, 0) is 17.8 Å². The SMILES string of the molecule is COc1cc(CC(O)C(=O)CC(C)C)ccc1OCc1ccccc1. The Morgan fingerprint density at radius 3 is 2.40 bits per heavy atom. The summed E-state index contributed by atoms with van der Waals surface area (Å²) in [5.74, 6) is 1.35.